The van der Waals surface area contributed by atoms with Gasteiger partial charge in [0.15, 0.2) is 0 Å². The Bertz CT molecular complexity index is 700. The van der Waals surface area contributed by atoms with Gasteiger partial charge in [-0.1, -0.05) is 24.3 Å². The van der Waals surface area contributed by atoms with Crippen molar-refractivity contribution in [3.63, 3.8) is 0 Å². The molecule has 2 aromatic carbocycles. The quantitative estimate of drug-likeness (QED) is 0.835. The Balaban J connectivity index is 1.75. The van der Waals surface area contributed by atoms with Crippen LogP contribution in [0.5, 0.6) is 5.75 Å². The van der Waals surface area contributed by atoms with Gasteiger partial charge < -0.3 is 10.1 Å². The first-order valence-corrected chi connectivity index (χ1v) is 8.18. The van der Waals surface area contributed by atoms with Gasteiger partial charge in [0.1, 0.15) is 18.2 Å². The van der Waals surface area contributed by atoms with Crippen LogP contribution in [0.2, 0.25) is 0 Å². The van der Waals surface area contributed by atoms with Gasteiger partial charge in [-0.2, -0.15) is 0 Å². The number of halogens is 1. The van der Waals surface area contributed by atoms with Crippen LogP contribution in [-0.4, -0.2) is 18.6 Å². The Morgan fingerprint density at radius 2 is 1.92 bits per heavy atom. The van der Waals surface area contributed by atoms with Crippen molar-refractivity contribution in [2.45, 2.75) is 39.7 Å². The zero-order chi connectivity index (χ0) is 17.5. The van der Waals surface area contributed by atoms with E-state index in [0.717, 1.165) is 5.75 Å². The molecule has 0 heterocycles. The summed E-state index contributed by atoms with van der Waals surface area (Å²) < 4.78 is 19.2. The highest BCUT2D eigenvalue weighted by molar-refractivity contribution is 5.76. The summed E-state index contributed by atoms with van der Waals surface area (Å²) in [5.74, 6) is 0.427. The van der Waals surface area contributed by atoms with Gasteiger partial charge in [-0.25, -0.2) is 4.39 Å². The molecule has 1 amide bonds. The summed E-state index contributed by atoms with van der Waals surface area (Å²) in [4.78, 5) is 12.0. The summed E-state index contributed by atoms with van der Waals surface area (Å²) >= 11 is 0. The molecule has 1 N–H and O–H groups in total. The molecule has 0 aliphatic heterocycles. The molecule has 4 heteroatoms. The van der Waals surface area contributed by atoms with Gasteiger partial charge >= 0.3 is 0 Å². The molecule has 0 aliphatic rings. The lowest BCUT2D eigenvalue weighted by molar-refractivity contribution is -0.121. The average molecular weight is 329 g/mol. The molecular weight excluding hydrogens is 305 g/mol. The van der Waals surface area contributed by atoms with Crippen molar-refractivity contribution in [1.29, 1.82) is 0 Å². The summed E-state index contributed by atoms with van der Waals surface area (Å²) in [6.07, 6.45) is 0.651. The van der Waals surface area contributed by atoms with E-state index in [1.807, 2.05) is 32.0 Å². The molecule has 128 valence electrons. The molecule has 3 nitrogen and oxygen atoms in total. The molecule has 0 aliphatic carbocycles. The summed E-state index contributed by atoms with van der Waals surface area (Å²) in [5, 5.41) is 2.88. The van der Waals surface area contributed by atoms with Gasteiger partial charge in [0.2, 0.25) is 5.91 Å². The topological polar surface area (TPSA) is 38.3 Å². The van der Waals surface area contributed by atoms with Crippen LogP contribution in [0.1, 0.15) is 30.0 Å². The van der Waals surface area contributed by atoms with Crippen LogP contribution in [0.3, 0.4) is 0 Å². The summed E-state index contributed by atoms with van der Waals surface area (Å²) in [6.45, 7) is 6.38. The second kappa shape index (κ2) is 8.48. The minimum atomic E-state index is -0.267. The van der Waals surface area contributed by atoms with Crippen molar-refractivity contribution in [1.82, 2.24) is 5.32 Å². The molecule has 1 atom stereocenters. The van der Waals surface area contributed by atoms with Crippen LogP contribution in [0.15, 0.2) is 42.5 Å². The monoisotopic (exact) mass is 329 g/mol. The number of ether oxygens (including phenoxy) is 1. The molecule has 0 bridgehead atoms. The van der Waals surface area contributed by atoms with Crippen molar-refractivity contribution in [2.75, 3.05) is 6.61 Å². The third-order valence-corrected chi connectivity index (χ3v) is 3.96. The van der Waals surface area contributed by atoms with Crippen LogP contribution in [0.4, 0.5) is 4.39 Å². The van der Waals surface area contributed by atoms with E-state index in [1.54, 1.807) is 18.2 Å². The Hall–Kier alpha value is -2.36. The van der Waals surface area contributed by atoms with Crippen molar-refractivity contribution >= 4 is 5.91 Å². The van der Waals surface area contributed by atoms with E-state index in [2.05, 4.69) is 12.2 Å². The fourth-order valence-electron chi connectivity index (χ4n) is 2.36. The first-order valence-electron chi connectivity index (χ1n) is 8.18. The highest BCUT2D eigenvalue weighted by Gasteiger charge is 2.10. The molecule has 0 spiro atoms. The normalized spacial score (nSPS) is 11.8. The zero-order valence-electron chi connectivity index (χ0n) is 14.4. The zero-order valence-corrected chi connectivity index (χ0v) is 14.4. The Kier molecular flexibility index (Phi) is 6.36. The Labute approximate surface area is 142 Å². The predicted molar refractivity (Wildman–Crippen MR) is 93.7 cm³/mol. The third kappa shape index (κ3) is 5.37. The van der Waals surface area contributed by atoms with Crippen LogP contribution >= 0.6 is 0 Å². The number of hydrogen-bond donors (Lipinski definition) is 1. The van der Waals surface area contributed by atoms with E-state index in [4.69, 9.17) is 4.74 Å². The molecule has 0 saturated heterocycles. The predicted octanol–water partition coefficient (Wildman–Crippen LogP) is 3.96. The van der Waals surface area contributed by atoms with Gasteiger partial charge in [-0.3, -0.25) is 4.79 Å². The van der Waals surface area contributed by atoms with Crippen LogP contribution < -0.4 is 10.1 Å². The number of rotatable bonds is 7. The maximum absolute atomic E-state index is 13.5. The van der Waals surface area contributed by atoms with E-state index in [9.17, 15) is 9.18 Å². The van der Waals surface area contributed by atoms with Crippen LogP contribution in [0, 0.1) is 19.7 Å². The van der Waals surface area contributed by atoms with Crippen LogP contribution in [-0.2, 0) is 11.2 Å². The third-order valence-electron chi connectivity index (χ3n) is 3.96. The van der Waals surface area contributed by atoms with Crippen molar-refractivity contribution in [2.24, 2.45) is 0 Å². The molecule has 24 heavy (non-hydrogen) atoms. The average Bonchev–Trinajstić information content (AvgIpc) is 2.55. The molecular formula is C20H24FNO2. The van der Waals surface area contributed by atoms with E-state index in [-0.39, 0.29) is 24.2 Å². The largest absolute Gasteiger partial charge is 0.491 e. The number of carbonyl (C=O) groups is 1. The lowest BCUT2D eigenvalue weighted by Gasteiger charge is -2.16. The van der Waals surface area contributed by atoms with Crippen molar-refractivity contribution < 1.29 is 13.9 Å². The SMILES string of the molecule is Cc1ccc(OC[C@@H](C)NC(=O)CCc2ccccc2F)cc1C. The number of aryl methyl sites for hydroxylation is 3. The summed E-state index contributed by atoms with van der Waals surface area (Å²) in [7, 11) is 0. The Morgan fingerprint density at radius 3 is 2.62 bits per heavy atom. The molecule has 0 fully saturated rings. The van der Waals surface area contributed by atoms with E-state index >= 15 is 0 Å². The molecule has 2 aromatic rings. The standard InChI is InChI=1S/C20H24FNO2/c1-14-8-10-18(12-15(14)2)24-13-16(3)22-20(23)11-9-17-6-4-5-7-19(17)21/h4-8,10,12,16H,9,11,13H2,1-3H3,(H,22,23)/t16-/m1/s1. The maximum Gasteiger partial charge on any atom is 0.220 e. The highest BCUT2D eigenvalue weighted by Crippen LogP contribution is 2.16. The molecule has 0 unspecified atom stereocenters. The van der Waals surface area contributed by atoms with E-state index in [0.29, 0.717) is 18.6 Å². The summed E-state index contributed by atoms with van der Waals surface area (Å²) in [5.41, 5.74) is 2.96. The van der Waals surface area contributed by atoms with Gasteiger partial charge in [0.25, 0.3) is 0 Å². The van der Waals surface area contributed by atoms with Gasteiger partial charge in [-0.05, 0) is 62.1 Å². The molecule has 0 radical (unpaired) electrons. The molecule has 2 rings (SSSR count). The molecule has 0 aromatic heterocycles. The minimum Gasteiger partial charge on any atom is -0.491 e. The van der Waals surface area contributed by atoms with Crippen molar-refractivity contribution in [3.05, 3.63) is 65.0 Å². The van der Waals surface area contributed by atoms with Crippen LogP contribution in [0.25, 0.3) is 0 Å². The Morgan fingerprint density at radius 1 is 1.17 bits per heavy atom. The van der Waals surface area contributed by atoms with Gasteiger partial charge in [-0.15, -0.1) is 0 Å². The maximum atomic E-state index is 13.5. The number of nitrogens with one attached hydrogen (secondary N) is 1. The first-order chi connectivity index (χ1) is 11.5. The number of benzene rings is 2. The highest BCUT2D eigenvalue weighted by atomic mass is 19.1. The number of carbonyl (C=O) groups excluding carboxylic acids is 1. The van der Waals surface area contributed by atoms with Gasteiger partial charge in [0, 0.05) is 6.42 Å². The fraction of sp³-hybridized carbons (Fsp3) is 0.350. The lowest BCUT2D eigenvalue weighted by atomic mass is 10.1. The number of amides is 1. The number of hydrogen-bond acceptors (Lipinski definition) is 2. The smallest absolute Gasteiger partial charge is 0.220 e. The second-order valence-electron chi connectivity index (χ2n) is 6.12. The summed E-state index contributed by atoms with van der Waals surface area (Å²) in [6, 6.07) is 12.3. The second-order valence-corrected chi connectivity index (χ2v) is 6.12. The fourth-order valence-corrected chi connectivity index (χ4v) is 2.36. The molecule has 0 saturated carbocycles. The lowest BCUT2D eigenvalue weighted by Crippen LogP contribution is -2.36. The first kappa shape index (κ1) is 18.0. The van der Waals surface area contributed by atoms with E-state index in [1.165, 1.54) is 17.2 Å². The van der Waals surface area contributed by atoms with E-state index < -0.39 is 0 Å². The van der Waals surface area contributed by atoms with Gasteiger partial charge in [0.05, 0.1) is 6.04 Å². The minimum absolute atomic E-state index is 0.102. The van der Waals surface area contributed by atoms with Crippen molar-refractivity contribution in [3.8, 4) is 5.75 Å².